The minimum Gasteiger partial charge on any atom is -0.381 e. The molecule has 0 aromatic carbocycles. The molecule has 1 fully saturated rings. The van der Waals surface area contributed by atoms with Crippen molar-refractivity contribution in [2.45, 2.75) is 19.4 Å². The van der Waals surface area contributed by atoms with Crippen molar-refractivity contribution >= 4 is 11.6 Å². The molecule has 0 saturated carbocycles. The first-order valence-electron chi connectivity index (χ1n) is 6.11. The Morgan fingerprint density at radius 1 is 1.59 bits per heavy atom. The number of rotatable bonds is 4. The van der Waals surface area contributed by atoms with Crippen molar-refractivity contribution in [2.75, 3.05) is 26.8 Å². The van der Waals surface area contributed by atoms with Crippen molar-refractivity contribution in [1.82, 2.24) is 9.88 Å². The highest BCUT2D eigenvalue weighted by Gasteiger charge is 2.16. The number of ether oxygens (including phenoxy) is 1. The third-order valence-electron chi connectivity index (χ3n) is 3.10. The average Bonchev–Trinajstić information content (AvgIpc) is 2.33. The van der Waals surface area contributed by atoms with Gasteiger partial charge in [0.1, 0.15) is 5.15 Å². The SMILES string of the molecule is CN(Cc1cccnc1Cl)CC1CCCOC1. The molecule has 1 unspecified atom stereocenters. The van der Waals surface area contributed by atoms with Gasteiger partial charge in [0, 0.05) is 31.5 Å². The van der Waals surface area contributed by atoms with Crippen molar-refractivity contribution < 1.29 is 4.74 Å². The molecule has 1 atom stereocenters. The highest BCUT2D eigenvalue weighted by molar-refractivity contribution is 6.30. The Kier molecular flexibility index (Phi) is 4.77. The van der Waals surface area contributed by atoms with Crippen LogP contribution < -0.4 is 0 Å². The van der Waals surface area contributed by atoms with Crippen LogP contribution in [0.4, 0.5) is 0 Å². The molecule has 1 aromatic rings. The van der Waals surface area contributed by atoms with Crippen molar-refractivity contribution in [1.29, 1.82) is 0 Å². The molecule has 0 N–H and O–H groups in total. The van der Waals surface area contributed by atoms with Gasteiger partial charge in [0.25, 0.3) is 0 Å². The van der Waals surface area contributed by atoms with E-state index in [1.54, 1.807) is 6.20 Å². The summed E-state index contributed by atoms with van der Waals surface area (Å²) in [5.41, 5.74) is 1.09. The van der Waals surface area contributed by atoms with Crippen LogP contribution >= 0.6 is 11.6 Å². The van der Waals surface area contributed by atoms with Crippen LogP contribution in [0.3, 0.4) is 0 Å². The number of aromatic nitrogens is 1. The summed E-state index contributed by atoms with van der Waals surface area (Å²) in [6.07, 6.45) is 4.18. The second kappa shape index (κ2) is 6.34. The molecule has 4 heteroatoms. The minimum absolute atomic E-state index is 0.610. The van der Waals surface area contributed by atoms with Gasteiger partial charge in [-0.05, 0) is 31.9 Å². The molecule has 0 radical (unpaired) electrons. The van der Waals surface area contributed by atoms with E-state index >= 15 is 0 Å². The Labute approximate surface area is 108 Å². The molecule has 2 rings (SSSR count). The van der Waals surface area contributed by atoms with E-state index in [9.17, 15) is 0 Å². The summed E-state index contributed by atoms with van der Waals surface area (Å²) in [5, 5.41) is 0.610. The predicted molar refractivity (Wildman–Crippen MR) is 69.1 cm³/mol. The van der Waals surface area contributed by atoms with E-state index in [0.29, 0.717) is 11.1 Å². The summed E-state index contributed by atoms with van der Waals surface area (Å²) in [7, 11) is 2.12. The van der Waals surface area contributed by atoms with Gasteiger partial charge < -0.3 is 9.64 Å². The number of hydrogen-bond donors (Lipinski definition) is 0. The van der Waals surface area contributed by atoms with Crippen LogP contribution in [0, 0.1) is 5.92 Å². The van der Waals surface area contributed by atoms with Crippen molar-refractivity contribution in [3.8, 4) is 0 Å². The molecule has 1 aromatic heterocycles. The first kappa shape index (κ1) is 12.8. The molecule has 0 amide bonds. The van der Waals surface area contributed by atoms with Crippen molar-refractivity contribution in [3.05, 3.63) is 29.0 Å². The van der Waals surface area contributed by atoms with Gasteiger partial charge in [0.15, 0.2) is 0 Å². The highest BCUT2D eigenvalue weighted by atomic mass is 35.5. The molecule has 0 aliphatic carbocycles. The van der Waals surface area contributed by atoms with Crippen LogP contribution in [0.15, 0.2) is 18.3 Å². The lowest BCUT2D eigenvalue weighted by atomic mass is 10.0. The Hall–Kier alpha value is -0.640. The molecular formula is C13H19ClN2O. The second-order valence-electron chi connectivity index (χ2n) is 4.73. The lowest BCUT2D eigenvalue weighted by Gasteiger charge is -2.27. The number of halogens is 1. The predicted octanol–water partition coefficient (Wildman–Crippen LogP) is 2.59. The molecule has 1 aliphatic rings. The first-order valence-corrected chi connectivity index (χ1v) is 6.49. The average molecular weight is 255 g/mol. The minimum atomic E-state index is 0.610. The molecule has 3 nitrogen and oxygen atoms in total. The van der Waals surface area contributed by atoms with Gasteiger partial charge in [-0.25, -0.2) is 4.98 Å². The van der Waals surface area contributed by atoms with E-state index in [4.69, 9.17) is 16.3 Å². The number of nitrogens with zero attached hydrogens (tertiary/aromatic N) is 2. The normalized spacial score (nSPS) is 20.8. The Morgan fingerprint density at radius 2 is 2.47 bits per heavy atom. The van der Waals surface area contributed by atoms with Gasteiger partial charge in [-0.15, -0.1) is 0 Å². The lowest BCUT2D eigenvalue weighted by Crippen LogP contribution is -2.30. The molecule has 2 heterocycles. The number of hydrogen-bond acceptors (Lipinski definition) is 3. The monoisotopic (exact) mass is 254 g/mol. The molecular weight excluding hydrogens is 236 g/mol. The zero-order valence-electron chi connectivity index (χ0n) is 10.2. The van der Waals surface area contributed by atoms with E-state index in [1.807, 2.05) is 12.1 Å². The summed E-state index contributed by atoms with van der Waals surface area (Å²) in [4.78, 5) is 6.39. The summed E-state index contributed by atoms with van der Waals surface area (Å²) >= 11 is 6.05. The van der Waals surface area contributed by atoms with Crippen LogP contribution in [0.2, 0.25) is 5.15 Å². The topological polar surface area (TPSA) is 25.4 Å². The van der Waals surface area contributed by atoms with Gasteiger partial charge >= 0.3 is 0 Å². The van der Waals surface area contributed by atoms with Gasteiger partial charge in [0.2, 0.25) is 0 Å². The quantitative estimate of drug-likeness (QED) is 0.773. The van der Waals surface area contributed by atoms with Crippen LogP contribution in [-0.2, 0) is 11.3 Å². The molecule has 1 aliphatic heterocycles. The fraction of sp³-hybridized carbons (Fsp3) is 0.615. The molecule has 0 spiro atoms. The second-order valence-corrected chi connectivity index (χ2v) is 5.09. The smallest absolute Gasteiger partial charge is 0.133 e. The molecule has 94 valence electrons. The third-order valence-corrected chi connectivity index (χ3v) is 3.44. The van der Waals surface area contributed by atoms with E-state index in [1.165, 1.54) is 12.8 Å². The van der Waals surface area contributed by atoms with E-state index in [-0.39, 0.29) is 0 Å². The Morgan fingerprint density at radius 3 is 3.18 bits per heavy atom. The standard InChI is InChI=1S/C13H19ClN2O/c1-16(8-11-4-3-7-17-10-11)9-12-5-2-6-15-13(12)14/h2,5-6,11H,3-4,7-10H2,1H3. The highest BCUT2D eigenvalue weighted by Crippen LogP contribution is 2.17. The van der Waals surface area contributed by atoms with E-state index in [0.717, 1.165) is 31.9 Å². The van der Waals surface area contributed by atoms with Crippen molar-refractivity contribution in [2.24, 2.45) is 5.92 Å². The summed E-state index contributed by atoms with van der Waals surface area (Å²) in [6, 6.07) is 3.96. The third kappa shape index (κ3) is 3.95. The molecule has 17 heavy (non-hydrogen) atoms. The first-order chi connectivity index (χ1) is 8.25. The number of pyridine rings is 1. The van der Waals surface area contributed by atoms with Crippen LogP contribution in [0.25, 0.3) is 0 Å². The zero-order valence-corrected chi connectivity index (χ0v) is 11.0. The summed E-state index contributed by atoms with van der Waals surface area (Å²) < 4.78 is 5.49. The largest absolute Gasteiger partial charge is 0.381 e. The Balaban J connectivity index is 1.84. The summed E-state index contributed by atoms with van der Waals surface area (Å²) in [6.45, 7) is 3.73. The molecule has 1 saturated heterocycles. The van der Waals surface area contributed by atoms with Crippen LogP contribution in [0.1, 0.15) is 18.4 Å². The molecule has 0 bridgehead atoms. The fourth-order valence-electron chi connectivity index (χ4n) is 2.28. The maximum atomic E-state index is 6.05. The van der Waals surface area contributed by atoms with E-state index < -0.39 is 0 Å². The lowest BCUT2D eigenvalue weighted by molar-refractivity contribution is 0.0411. The summed E-state index contributed by atoms with van der Waals surface area (Å²) in [5.74, 6) is 0.657. The van der Waals surface area contributed by atoms with Gasteiger partial charge in [-0.2, -0.15) is 0 Å². The maximum Gasteiger partial charge on any atom is 0.133 e. The van der Waals surface area contributed by atoms with E-state index in [2.05, 4.69) is 16.9 Å². The maximum absolute atomic E-state index is 6.05. The van der Waals surface area contributed by atoms with Crippen LogP contribution in [0.5, 0.6) is 0 Å². The fourth-order valence-corrected chi connectivity index (χ4v) is 2.46. The van der Waals surface area contributed by atoms with Crippen molar-refractivity contribution in [3.63, 3.8) is 0 Å². The zero-order chi connectivity index (χ0) is 12.1. The van der Waals surface area contributed by atoms with Gasteiger partial charge in [0.05, 0.1) is 6.61 Å². The van der Waals surface area contributed by atoms with Crippen LogP contribution in [-0.4, -0.2) is 36.7 Å². The Bertz CT molecular complexity index is 353. The van der Waals surface area contributed by atoms with Gasteiger partial charge in [-0.1, -0.05) is 17.7 Å². The van der Waals surface area contributed by atoms with Gasteiger partial charge in [-0.3, -0.25) is 0 Å².